The highest BCUT2D eigenvalue weighted by Gasteiger charge is 2.33. The molecule has 5 nitrogen and oxygen atoms in total. The molecule has 2 aromatic rings. The van der Waals surface area contributed by atoms with Crippen molar-refractivity contribution in [3.8, 4) is 0 Å². The summed E-state index contributed by atoms with van der Waals surface area (Å²) in [4.78, 5) is 26.4. The lowest BCUT2D eigenvalue weighted by atomic mass is 10.1. The molecule has 0 radical (unpaired) electrons. The summed E-state index contributed by atoms with van der Waals surface area (Å²) in [5.74, 6) is -0.525. The number of cyclic esters (lactones) is 1. The van der Waals surface area contributed by atoms with Gasteiger partial charge in [-0.15, -0.1) is 0 Å². The molecule has 0 bridgehead atoms. The van der Waals surface area contributed by atoms with E-state index >= 15 is 0 Å². The first-order valence-electron chi connectivity index (χ1n) is 8.02. The predicted octanol–water partition coefficient (Wildman–Crippen LogP) is 2.44. The highest BCUT2D eigenvalue weighted by molar-refractivity contribution is 5.94. The van der Waals surface area contributed by atoms with Crippen molar-refractivity contribution >= 4 is 17.6 Å². The first kappa shape index (κ1) is 16.2. The molecule has 0 spiro atoms. The molecule has 3 rings (SSSR count). The van der Waals surface area contributed by atoms with Crippen LogP contribution in [0.4, 0.5) is 5.69 Å². The van der Waals surface area contributed by atoms with Crippen LogP contribution in [-0.4, -0.2) is 36.0 Å². The summed E-state index contributed by atoms with van der Waals surface area (Å²) in [6.45, 7) is 1.62. The van der Waals surface area contributed by atoms with Crippen LogP contribution in [-0.2, 0) is 20.9 Å². The van der Waals surface area contributed by atoms with Gasteiger partial charge in [0.1, 0.15) is 12.6 Å². The van der Waals surface area contributed by atoms with Crippen molar-refractivity contribution < 1.29 is 14.3 Å². The lowest BCUT2D eigenvalue weighted by Crippen LogP contribution is -2.49. The molecule has 1 heterocycles. The van der Waals surface area contributed by atoms with E-state index in [0.717, 1.165) is 11.3 Å². The van der Waals surface area contributed by atoms with E-state index in [0.29, 0.717) is 19.7 Å². The van der Waals surface area contributed by atoms with Gasteiger partial charge in [0, 0.05) is 18.8 Å². The third kappa shape index (κ3) is 4.20. The van der Waals surface area contributed by atoms with Gasteiger partial charge in [-0.25, -0.2) is 0 Å². The van der Waals surface area contributed by atoms with Crippen molar-refractivity contribution in [1.29, 1.82) is 0 Å². The predicted molar refractivity (Wildman–Crippen MR) is 91.3 cm³/mol. The lowest BCUT2D eigenvalue weighted by molar-refractivity contribution is -0.159. The first-order valence-corrected chi connectivity index (χ1v) is 8.02. The van der Waals surface area contributed by atoms with Crippen LogP contribution >= 0.6 is 0 Å². The minimum atomic E-state index is -0.553. The number of rotatable bonds is 5. The molecule has 0 saturated carbocycles. The molecule has 1 saturated heterocycles. The zero-order chi connectivity index (χ0) is 16.8. The average Bonchev–Trinajstić information content (AvgIpc) is 2.60. The van der Waals surface area contributed by atoms with Crippen molar-refractivity contribution in [3.63, 3.8) is 0 Å². The van der Waals surface area contributed by atoms with E-state index in [1.54, 1.807) is 0 Å². The molecule has 1 N–H and O–H groups in total. The van der Waals surface area contributed by atoms with Crippen LogP contribution in [0.1, 0.15) is 12.0 Å². The first-order chi connectivity index (χ1) is 11.7. The fraction of sp³-hybridized carbons (Fsp3) is 0.263. The largest absolute Gasteiger partial charge is 0.463 e. The number of hydrogen-bond acceptors (Lipinski definition) is 4. The highest BCUT2D eigenvalue weighted by Crippen LogP contribution is 2.17. The molecule has 0 aromatic heterocycles. The third-order valence-corrected chi connectivity index (χ3v) is 4.00. The van der Waals surface area contributed by atoms with E-state index in [1.165, 1.54) is 0 Å². The molecule has 1 aliphatic heterocycles. The van der Waals surface area contributed by atoms with Crippen LogP contribution < -0.4 is 5.32 Å². The molecule has 1 aliphatic rings. The van der Waals surface area contributed by atoms with E-state index in [1.807, 2.05) is 65.6 Å². The number of esters is 1. The molecule has 124 valence electrons. The summed E-state index contributed by atoms with van der Waals surface area (Å²) in [5, 5.41) is 2.82. The molecule has 2 aromatic carbocycles. The molecule has 24 heavy (non-hydrogen) atoms. The lowest BCUT2D eigenvalue weighted by Gasteiger charge is -2.33. The summed E-state index contributed by atoms with van der Waals surface area (Å²) < 4.78 is 5.15. The van der Waals surface area contributed by atoms with E-state index in [4.69, 9.17) is 4.74 Å². The Morgan fingerprint density at radius 3 is 2.46 bits per heavy atom. The summed E-state index contributed by atoms with van der Waals surface area (Å²) in [5.41, 5.74) is 1.84. The van der Waals surface area contributed by atoms with Crippen LogP contribution in [0.5, 0.6) is 0 Å². The van der Waals surface area contributed by atoms with Gasteiger partial charge in [-0.3, -0.25) is 14.5 Å². The van der Waals surface area contributed by atoms with E-state index in [-0.39, 0.29) is 18.3 Å². The Kier molecular flexibility index (Phi) is 5.23. The Bertz CT molecular complexity index is 688. The molecule has 0 aliphatic carbocycles. The van der Waals surface area contributed by atoms with E-state index in [9.17, 15) is 9.59 Å². The molecule has 1 atom stereocenters. The van der Waals surface area contributed by atoms with Crippen LogP contribution in [0, 0.1) is 0 Å². The number of benzene rings is 2. The number of morpholine rings is 1. The average molecular weight is 324 g/mol. The number of anilines is 1. The number of ether oxygens (including phenoxy) is 1. The van der Waals surface area contributed by atoms with Crippen molar-refractivity contribution in [1.82, 2.24) is 4.90 Å². The molecular formula is C19H20N2O3. The molecule has 1 unspecified atom stereocenters. The van der Waals surface area contributed by atoms with Gasteiger partial charge in [-0.2, -0.15) is 0 Å². The van der Waals surface area contributed by atoms with E-state index < -0.39 is 6.04 Å². The summed E-state index contributed by atoms with van der Waals surface area (Å²) in [6.07, 6.45) is 0.0839. The van der Waals surface area contributed by atoms with Crippen LogP contribution in [0.2, 0.25) is 0 Å². The number of para-hydroxylation sites is 1. The summed E-state index contributed by atoms with van der Waals surface area (Å²) in [6, 6.07) is 18.6. The van der Waals surface area contributed by atoms with Gasteiger partial charge in [-0.05, 0) is 17.7 Å². The standard InChI is InChI=1S/C19H20N2O3/c22-18(20-16-9-5-2-6-10-16)13-17-19(23)24-12-11-21(17)14-15-7-3-1-4-8-15/h1-10,17H,11-14H2,(H,20,22). The number of carbonyl (C=O) groups is 2. The molecule has 1 fully saturated rings. The maximum atomic E-state index is 12.3. The fourth-order valence-electron chi connectivity index (χ4n) is 2.79. The number of amides is 1. The Labute approximate surface area is 141 Å². The smallest absolute Gasteiger partial charge is 0.323 e. The van der Waals surface area contributed by atoms with Crippen LogP contribution in [0.25, 0.3) is 0 Å². The van der Waals surface area contributed by atoms with Crippen LogP contribution in [0.3, 0.4) is 0 Å². The van der Waals surface area contributed by atoms with Gasteiger partial charge < -0.3 is 10.1 Å². The second kappa shape index (κ2) is 7.75. The van der Waals surface area contributed by atoms with E-state index in [2.05, 4.69) is 5.32 Å². The van der Waals surface area contributed by atoms with Gasteiger partial charge in [0.15, 0.2) is 0 Å². The zero-order valence-corrected chi connectivity index (χ0v) is 13.4. The van der Waals surface area contributed by atoms with Crippen molar-refractivity contribution in [2.75, 3.05) is 18.5 Å². The monoisotopic (exact) mass is 324 g/mol. The van der Waals surface area contributed by atoms with Gasteiger partial charge in [0.2, 0.25) is 5.91 Å². The number of nitrogens with one attached hydrogen (secondary N) is 1. The highest BCUT2D eigenvalue weighted by atomic mass is 16.5. The van der Waals surface area contributed by atoms with Crippen LogP contribution in [0.15, 0.2) is 60.7 Å². The van der Waals surface area contributed by atoms with Crippen molar-refractivity contribution in [3.05, 3.63) is 66.2 Å². The third-order valence-electron chi connectivity index (χ3n) is 4.00. The number of carbonyl (C=O) groups excluding carboxylic acids is 2. The Balaban J connectivity index is 1.65. The maximum Gasteiger partial charge on any atom is 0.323 e. The summed E-state index contributed by atoms with van der Waals surface area (Å²) in [7, 11) is 0. The van der Waals surface area contributed by atoms with Gasteiger partial charge in [0.25, 0.3) is 0 Å². The minimum Gasteiger partial charge on any atom is -0.463 e. The second-order valence-electron chi connectivity index (χ2n) is 5.76. The normalized spacial score (nSPS) is 18.0. The SMILES string of the molecule is O=C(CC1C(=O)OCCN1Cc1ccccc1)Nc1ccccc1. The maximum absolute atomic E-state index is 12.3. The molecular weight excluding hydrogens is 304 g/mol. The molecule has 5 heteroatoms. The quantitative estimate of drug-likeness (QED) is 0.858. The number of nitrogens with zero attached hydrogens (tertiary/aromatic N) is 1. The Morgan fingerprint density at radius 2 is 1.75 bits per heavy atom. The van der Waals surface area contributed by atoms with Gasteiger partial charge >= 0.3 is 5.97 Å². The topological polar surface area (TPSA) is 58.6 Å². The fourth-order valence-corrected chi connectivity index (χ4v) is 2.79. The van der Waals surface area contributed by atoms with Gasteiger partial charge in [0.05, 0.1) is 6.42 Å². The Hall–Kier alpha value is -2.66. The molecule has 1 amide bonds. The second-order valence-corrected chi connectivity index (χ2v) is 5.76. The van der Waals surface area contributed by atoms with Gasteiger partial charge in [-0.1, -0.05) is 48.5 Å². The Morgan fingerprint density at radius 1 is 1.08 bits per heavy atom. The summed E-state index contributed by atoms with van der Waals surface area (Å²) >= 11 is 0. The van der Waals surface area contributed by atoms with Crippen molar-refractivity contribution in [2.45, 2.75) is 19.0 Å². The van der Waals surface area contributed by atoms with Crippen molar-refractivity contribution in [2.24, 2.45) is 0 Å². The minimum absolute atomic E-state index is 0.0839. The zero-order valence-electron chi connectivity index (χ0n) is 13.4. The number of hydrogen-bond donors (Lipinski definition) is 1.